The summed E-state index contributed by atoms with van der Waals surface area (Å²) >= 11 is 0. The summed E-state index contributed by atoms with van der Waals surface area (Å²) in [5.74, 6) is -0.390. The highest BCUT2D eigenvalue weighted by molar-refractivity contribution is 6.49. The van der Waals surface area contributed by atoms with Crippen LogP contribution in [0.5, 0.6) is 0 Å². The lowest BCUT2D eigenvalue weighted by molar-refractivity contribution is -0.145. The van der Waals surface area contributed by atoms with Crippen LogP contribution in [-0.2, 0) is 18.9 Å². The van der Waals surface area contributed by atoms with Crippen LogP contribution in [0.3, 0.4) is 0 Å². The average molecular weight is 213 g/mol. The summed E-state index contributed by atoms with van der Waals surface area (Å²) in [4.78, 5) is 24.1. The van der Waals surface area contributed by atoms with Gasteiger partial charge in [-0.3, -0.25) is 14.5 Å². The van der Waals surface area contributed by atoms with E-state index in [0.29, 0.717) is 12.2 Å². The molecular formula is C9H16BNO4. The molecule has 6 heteroatoms. The first-order chi connectivity index (χ1) is 6.97. The Balaban J connectivity index is 2.58. The first-order valence-corrected chi connectivity index (χ1v) is 5.05. The second kappa shape index (κ2) is 5.16. The van der Waals surface area contributed by atoms with Gasteiger partial charge in [0.2, 0.25) is 0 Å². The summed E-state index contributed by atoms with van der Waals surface area (Å²) in [6, 6.07) is 0. The Labute approximate surface area is 89.9 Å². The summed E-state index contributed by atoms with van der Waals surface area (Å²) in [6.07, 6.45) is 0.543. The summed E-state index contributed by atoms with van der Waals surface area (Å²) in [6.45, 7) is 4.21. The second-order valence-electron chi connectivity index (χ2n) is 4.21. The Morgan fingerprint density at radius 3 is 2.13 bits per heavy atom. The summed E-state index contributed by atoms with van der Waals surface area (Å²) < 4.78 is 10.0. The molecule has 0 N–H and O–H groups in total. The summed E-state index contributed by atoms with van der Waals surface area (Å²) in [7, 11) is 0.948. The Bertz CT molecular complexity index is 236. The van der Waals surface area contributed by atoms with Crippen molar-refractivity contribution in [1.29, 1.82) is 0 Å². The number of likely N-dealkylation sites (N-methyl/N-ethyl adjacent to an activating group) is 1. The molecule has 0 atom stereocenters. The molecule has 0 bridgehead atoms. The molecule has 0 radical (unpaired) electrons. The SMILES string of the molecule is CC(C)CB1OC(=O)CN(C)CC(=O)O1. The molecule has 0 aliphatic carbocycles. The molecule has 0 saturated carbocycles. The van der Waals surface area contributed by atoms with Crippen molar-refractivity contribution in [3.63, 3.8) is 0 Å². The maximum Gasteiger partial charge on any atom is 0.598 e. The van der Waals surface area contributed by atoms with Gasteiger partial charge in [-0.2, -0.15) is 0 Å². The van der Waals surface area contributed by atoms with Crippen molar-refractivity contribution in [1.82, 2.24) is 4.90 Å². The number of carbonyl (C=O) groups is 2. The minimum Gasteiger partial charge on any atom is -0.498 e. The standard InChI is InChI=1S/C9H16BNO4/c1-7(2)4-10-14-8(12)5-11(3)6-9(13)15-10/h7H,4-6H2,1-3H3. The van der Waals surface area contributed by atoms with Crippen molar-refractivity contribution < 1.29 is 18.9 Å². The van der Waals surface area contributed by atoms with Gasteiger partial charge in [0.25, 0.3) is 0 Å². The molecule has 0 aromatic rings. The minimum absolute atomic E-state index is 0.129. The van der Waals surface area contributed by atoms with Crippen LogP contribution in [0.15, 0.2) is 0 Å². The molecule has 0 aromatic carbocycles. The average Bonchev–Trinajstić information content (AvgIpc) is 1.98. The van der Waals surface area contributed by atoms with Gasteiger partial charge in [0.15, 0.2) is 0 Å². The zero-order valence-electron chi connectivity index (χ0n) is 9.36. The summed E-state index contributed by atoms with van der Waals surface area (Å²) in [5.41, 5.74) is 0. The van der Waals surface area contributed by atoms with E-state index < -0.39 is 7.12 Å². The van der Waals surface area contributed by atoms with Gasteiger partial charge in [-0.1, -0.05) is 13.8 Å². The highest BCUT2D eigenvalue weighted by atomic mass is 16.6. The van der Waals surface area contributed by atoms with Crippen LogP contribution in [0.2, 0.25) is 6.32 Å². The monoisotopic (exact) mass is 213 g/mol. The Hall–Kier alpha value is -1.04. The Kier molecular flexibility index (Phi) is 4.14. The molecule has 0 spiro atoms. The largest absolute Gasteiger partial charge is 0.598 e. The van der Waals surface area contributed by atoms with Gasteiger partial charge in [-0.15, -0.1) is 0 Å². The smallest absolute Gasteiger partial charge is 0.498 e. The maximum absolute atomic E-state index is 11.3. The van der Waals surface area contributed by atoms with E-state index in [-0.39, 0.29) is 25.0 Å². The lowest BCUT2D eigenvalue weighted by Gasteiger charge is -2.23. The third kappa shape index (κ3) is 4.33. The van der Waals surface area contributed by atoms with Crippen LogP contribution >= 0.6 is 0 Å². The van der Waals surface area contributed by atoms with Crippen LogP contribution in [-0.4, -0.2) is 44.1 Å². The lowest BCUT2D eigenvalue weighted by Crippen LogP contribution is -2.42. The van der Waals surface area contributed by atoms with Crippen LogP contribution in [0, 0.1) is 5.92 Å². The molecule has 1 aliphatic heterocycles. The molecule has 0 unspecified atom stereocenters. The number of carbonyl (C=O) groups excluding carboxylic acids is 2. The third-order valence-corrected chi connectivity index (χ3v) is 1.99. The number of hydrogen-bond donors (Lipinski definition) is 0. The fraction of sp³-hybridized carbons (Fsp3) is 0.778. The van der Waals surface area contributed by atoms with Crippen LogP contribution in [0.1, 0.15) is 13.8 Å². The first kappa shape index (κ1) is 12.0. The predicted molar refractivity (Wildman–Crippen MR) is 55.1 cm³/mol. The summed E-state index contributed by atoms with van der Waals surface area (Å²) in [5, 5.41) is 0. The molecule has 1 aliphatic rings. The van der Waals surface area contributed by atoms with Crippen molar-refractivity contribution in [3.8, 4) is 0 Å². The topological polar surface area (TPSA) is 55.8 Å². The molecule has 5 nitrogen and oxygen atoms in total. The first-order valence-electron chi connectivity index (χ1n) is 5.05. The lowest BCUT2D eigenvalue weighted by atomic mass is 9.78. The van der Waals surface area contributed by atoms with Crippen molar-refractivity contribution >= 4 is 19.1 Å². The number of nitrogens with zero attached hydrogens (tertiary/aromatic N) is 1. The molecule has 1 fully saturated rings. The van der Waals surface area contributed by atoms with Crippen LogP contribution in [0.4, 0.5) is 0 Å². The molecular weight excluding hydrogens is 197 g/mol. The van der Waals surface area contributed by atoms with E-state index >= 15 is 0 Å². The van der Waals surface area contributed by atoms with Crippen LogP contribution < -0.4 is 0 Å². The molecule has 1 heterocycles. The van der Waals surface area contributed by atoms with Crippen molar-refractivity contribution in [2.45, 2.75) is 20.2 Å². The fourth-order valence-electron chi connectivity index (χ4n) is 1.37. The van der Waals surface area contributed by atoms with E-state index in [1.54, 1.807) is 11.9 Å². The van der Waals surface area contributed by atoms with Gasteiger partial charge < -0.3 is 9.31 Å². The Morgan fingerprint density at radius 2 is 1.73 bits per heavy atom. The minimum atomic E-state index is -0.723. The van der Waals surface area contributed by atoms with E-state index in [0.717, 1.165) is 0 Å². The van der Waals surface area contributed by atoms with Crippen molar-refractivity contribution in [2.75, 3.05) is 20.1 Å². The third-order valence-electron chi connectivity index (χ3n) is 1.99. The zero-order chi connectivity index (χ0) is 11.4. The van der Waals surface area contributed by atoms with E-state index in [1.165, 1.54) is 0 Å². The molecule has 1 saturated heterocycles. The van der Waals surface area contributed by atoms with Gasteiger partial charge >= 0.3 is 19.1 Å². The second-order valence-corrected chi connectivity index (χ2v) is 4.21. The van der Waals surface area contributed by atoms with Gasteiger partial charge in [0.1, 0.15) is 0 Å². The number of rotatable bonds is 2. The fourth-order valence-corrected chi connectivity index (χ4v) is 1.37. The van der Waals surface area contributed by atoms with Crippen molar-refractivity contribution in [3.05, 3.63) is 0 Å². The normalized spacial score (nSPS) is 19.6. The van der Waals surface area contributed by atoms with Gasteiger partial charge in [-0.05, 0) is 13.0 Å². The quantitative estimate of drug-likeness (QED) is 0.611. The van der Waals surface area contributed by atoms with E-state index in [4.69, 9.17) is 9.31 Å². The maximum atomic E-state index is 11.3. The Morgan fingerprint density at radius 1 is 1.27 bits per heavy atom. The molecule has 15 heavy (non-hydrogen) atoms. The number of hydrogen-bond acceptors (Lipinski definition) is 5. The van der Waals surface area contributed by atoms with Gasteiger partial charge in [0.05, 0.1) is 13.1 Å². The highest BCUT2D eigenvalue weighted by Gasteiger charge is 2.31. The van der Waals surface area contributed by atoms with E-state index in [2.05, 4.69) is 0 Å². The molecule has 0 aromatic heterocycles. The van der Waals surface area contributed by atoms with E-state index in [1.807, 2.05) is 13.8 Å². The molecule has 1 rings (SSSR count). The predicted octanol–water partition coefficient (Wildman–Crippen LogP) is 0.162. The molecule has 0 amide bonds. The molecule has 84 valence electrons. The zero-order valence-corrected chi connectivity index (χ0v) is 9.36. The van der Waals surface area contributed by atoms with Crippen LogP contribution in [0.25, 0.3) is 0 Å². The van der Waals surface area contributed by atoms with E-state index in [9.17, 15) is 9.59 Å². The highest BCUT2D eigenvalue weighted by Crippen LogP contribution is 2.10. The van der Waals surface area contributed by atoms with Gasteiger partial charge in [0, 0.05) is 6.32 Å². The van der Waals surface area contributed by atoms with Crippen molar-refractivity contribution in [2.24, 2.45) is 5.92 Å². The van der Waals surface area contributed by atoms with Gasteiger partial charge in [-0.25, -0.2) is 0 Å².